The number of hydrogen-bond donors (Lipinski definition) is 1. The van der Waals surface area contributed by atoms with Gasteiger partial charge in [0.25, 0.3) is 0 Å². The number of rotatable bonds is 2. The number of nitrogens with zero attached hydrogens (tertiary/aromatic N) is 3. The van der Waals surface area contributed by atoms with Crippen molar-refractivity contribution >= 4 is 5.97 Å². The van der Waals surface area contributed by atoms with Gasteiger partial charge in [0.2, 0.25) is 0 Å². The molecule has 5 nitrogen and oxygen atoms in total. The van der Waals surface area contributed by atoms with Gasteiger partial charge in [-0.05, 0) is 36.2 Å². The van der Waals surface area contributed by atoms with E-state index in [9.17, 15) is 4.79 Å². The fourth-order valence-electron chi connectivity index (χ4n) is 1.19. The summed E-state index contributed by atoms with van der Waals surface area (Å²) in [5, 5.41) is 12.1. The lowest BCUT2D eigenvalue weighted by Gasteiger charge is -2.00. The molecular formula is C11H9N3O2. The summed E-state index contributed by atoms with van der Waals surface area (Å²) in [5.74, 6) is 4.49. The van der Waals surface area contributed by atoms with Crippen LogP contribution in [0.15, 0.2) is 23.3 Å². The third-order valence-corrected chi connectivity index (χ3v) is 1.90. The molecule has 0 amide bonds. The SMILES string of the molecule is Cc1cc(C#CCN=[N+]=[N-])ccc1C(=O)O. The Hall–Kier alpha value is -2.44. The smallest absolute Gasteiger partial charge is 0.335 e. The predicted molar refractivity (Wildman–Crippen MR) is 59.0 cm³/mol. The molecule has 80 valence electrons. The molecule has 16 heavy (non-hydrogen) atoms. The fourth-order valence-corrected chi connectivity index (χ4v) is 1.19. The molecule has 1 aromatic carbocycles. The van der Waals surface area contributed by atoms with Crippen molar-refractivity contribution in [3.05, 3.63) is 45.3 Å². The molecule has 0 heterocycles. The van der Waals surface area contributed by atoms with Gasteiger partial charge in [0.05, 0.1) is 12.1 Å². The van der Waals surface area contributed by atoms with Gasteiger partial charge < -0.3 is 5.11 Å². The van der Waals surface area contributed by atoms with Gasteiger partial charge in [-0.1, -0.05) is 17.0 Å². The number of aryl methyl sites for hydroxylation is 1. The summed E-state index contributed by atoms with van der Waals surface area (Å²) in [6.45, 7) is 1.82. The van der Waals surface area contributed by atoms with Crippen LogP contribution in [0.3, 0.4) is 0 Å². The second-order valence-electron chi connectivity index (χ2n) is 3.03. The van der Waals surface area contributed by atoms with Crippen molar-refractivity contribution in [1.82, 2.24) is 0 Å². The fraction of sp³-hybridized carbons (Fsp3) is 0.182. The molecule has 0 spiro atoms. The van der Waals surface area contributed by atoms with Gasteiger partial charge in [0, 0.05) is 10.5 Å². The van der Waals surface area contributed by atoms with Crippen LogP contribution in [0.25, 0.3) is 10.4 Å². The second kappa shape index (κ2) is 5.44. The first kappa shape index (κ1) is 11.6. The number of carbonyl (C=O) groups is 1. The minimum atomic E-state index is -0.953. The number of azide groups is 1. The van der Waals surface area contributed by atoms with Crippen molar-refractivity contribution < 1.29 is 9.90 Å². The molecule has 0 aliphatic rings. The molecule has 1 rings (SSSR count). The van der Waals surface area contributed by atoms with Crippen molar-refractivity contribution in [2.24, 2.45) is 5.11 Å². The van der Waals surface area contributed by atoms with Gasteiger partial charge in [0.15, 0.2) is 0 Å². The highest BCUT2D eigenvalue weighted by Crippen LogP contribution is 2.10. The van der Waals surface area contributed by atoms with E-state index in [1.807, 2.05) is 0 Å². The second-order valence-corrected chi connectivity index (χ2v) is 3.03. The van der Waals surface area contributed by atoms with Crippen molar-refractivity contribution in [1.29, 1.82) is 0 Å². The number of carboxylic acid groups (broad SMARTS) is 1. The van der Waals surface area contributed by atoms with E-state index in [0.29, 0.717) is 11.1 Å². The Morgan fingerprint density at radius 2 is 2.38 bits per heavy atom. The van der Waals surface area contributed by atoms with Gasteiger partial charge in [0.1, 0.15) is 0 Å². The van der Waals surface area contributed by atoms with Crippen LogP contribution in [0.2, 0.25) is 0 Å². The Kier molecular flexibility index (Phi) is 3.96. The first-order valence-corrected chi connectivity index (χ1v) is 4.49. The lowest BCUT2D eigenvalue weighted by Crippen LogP contribution is -1.99. The number of carboxylic acids is 1. The maximum absolute atomic E-state index is 10.7. The predicted octanol–water partition coefficient (Wildman–Crippen LogP) is 2.36. The molecule has 5 heteroatoms. The Morgan fingerprint density at radius 1 is 1.62 bits per heavy atom. The summed E-state index contributed by atoms with van der Waals surface area (Å²) >= 11 is 0. The molecule has 0 aliphatic carbocycles. The van der Waals surface area contributed by atoms with Crippen LogP contribution >= 0.6 is 0 Å². The highest BCUT2D eigenvalue weighted by atomic mass is 16.4. The third-order valence-electron chi connectivity index (χ3n) is 1.90. The average molecular weight is 215 g/mol. The van der Waals surface area contributed by atoms with Crippen molar-refractivity contribution in [2.75, 3.05) is 6.54 Å². The van der Waals surface area contributed by atoms with Crippen molar-refractivity contribution in [3.63, 3.8) is 0 Å². The summed E-state index contributed by atoms with van der Waals surface area (Å²) in [7, 11) is 0. The lowest BCUT2D eigenvalue weighted by molar-refractivity contribution is 0.0696. The van der Waals surface area contributed by atoms with E-state index in [1.165, 1.54) is 6.07 Å². The zero-order chi connectivity index (χ0) is 12.0. The minimum absolute atomic E-state index is 0.107. The summed E-state index contributed by atoms with van der Waals surface area (Å²) in [6, 6.07) is 4.82. The number of benzene rings is 1. The molecule has 0 saturated heterocycles. The third kappa shape index (κ3) is 3.05. The van der Waals surface area contributed by atoms with Crippen LogP contribution in [0.5, 0.6) is 0 Å². The van der Waals surface area contributed by atoms with E-state index in [0.717, 1.165) is 0 Å². The molecule has 0 radical (unpaired) electrons. The molecule has 0 saturated carbocycles. The van der Waals surface area contributed by atoms with E-state index in [-0.39, 0.29) is 12.1 Å². The van der Waals surface area contributed by atoms with E-state index < -0.39 is 5.97 Å². The van der Waals surface area contributed by atoms with Crippen molar-refractivity contribution in [2.45, 2.75) is 6.92 Å². The van der Waals surface area contributed by atoms with Crippen LogP contribution in [0.1, 0.15) is 21.5 Å². The molecule has 0 bridgehead atoms. The highest BCUT2D eigenvalue weighted by Gasteiger charge is 2.05. The van der Waals surface area contributed by atoms with Gasteiger partial charge >= 0.3 is 5.97 Å². The Balaban J connectivity index is 2.92. The van der Waals surface area contributed by atoms with Crippen molar-refractivity contribution in [3.8, 4) is 11.8 Å². The van der Waals surface area contributed by atoms with Gasteiger partial charge in [-0.3, -0.25) is 0 Å². The van der Waals surface area contributed by atoms with Crippen LogP contribution in [0, 0.1) is 18.8 Å². The summed E-state index contributed by atoms with van der Waals surface area (Å²) in [6.07, 6.45) is 0. The topological polar surface area (TPSA) is 86.1 Å². The minimum Gasteiger partial charge on any atom is -0.478 e. The van der Waals surface area contributed by atoms with Crippen LogP contribution in [-0.4, -0.2) is 17.6 Å². The molecule has 0 unspecified atom stereocenters. The molecule has 0 fully saturated rings. The molecule has 1 aromatic rings. The number of aromatic carboxylic acids is 1. The first-order valence-electron chi connectivity index (χ1n) is 4.49. The zero-order valence-corrected chi connectivity index (χ0v) is 8.64. The molecule has 1 N–H and O–H groups in total. The van der Waals surface area contributed by atoms with E-state index in [1.54, 1.807) is 19.1 Å². The summed E-state index contributed by atoms with van der Waals surface area (Å²) < 4.78 is 0. The lowest BCUT2D eigenvalue weighted by atomic mass is 10.1. The normalized spacial score (nSPS) is 8.56. The Morgan fingerprint density at radius 3 is 2.94 bits per heavy atom. The van der Waals surface area contributed by atoms with E-state index in [4.69, 9.17) is 10.6 Å². The first-order chi connectivity index (χ1) is 7.65. The highest BCUT2D eigenvalue weighted by molar-refractivity contribution is 5.89. The molecule has 0 aromatic heterocycles. The van der Waals surface area contributed by atoms with Gasteiger partial charge in [-0.15, -0.1) is 0 Å². The summed E-state index contributed by atoms with van der Waals surface area (Å²) in [5.41, 5.74) is 9.65. The van der Waals surface area contributed by atoms with Crippen LogP contribution < -0.4 is 0 Å². The monoisotopic (exact) mass is 215 g/mol. The Labute approximate surface area is 92.3 Å². The van der Waals surface area contributed by atoms with Gasteiger partial charge in [-0.2, -0.15) is 0 Å². The quantitative estimate of drug-likeness (QED) is 0.355. The maximum Gasteiger partial charge on any atom is 0.335 e. The zero-order valence-electron chi connectivity index (χ0n) is 8.64. The largest absolute Gasteiger partial charge is 0.478 e. The van der Waals surface area contributed by atoms with E-state index >= 15 is 0 Å². The standard InChI is InChI=1S/C11H9N3O2/c1-8-7-9(3-2-6-13-14-12)4-5-10(8)11(15)16/h4-5,7H,6H2,1H3,(H,15,16). The van der Waals surface area contributed by atoms with Crippen LogP contribution in [0.4, 0.5) is 0 Å². The number of hydrogen-bond acceptors (Lipinski definition) is 2. The maximum atomic E-state index is 10.7. The van der Waals surface area contributed by atoms with E-state index in [2.05, 4.69) is 21.9 Å². The molecule has 0 atom stereocenters. The Bertz CT molecular complexity index is 520. The van der Waals surface area contributed by atoms with Gasteiger partial charge in [-0.25, -0.2) is 4.79 Å². The average Bonchev–Trinajstić information content (AvgIpc) is 2.24. The van der Waals surface area contributed by atoms with Crippen LogP contribution in [-0.2, 0) is 0 Å². The molecule has 0 aliphatic heterocycles. The molecular weight excluding hydrogens is 206 g/mol. The summed E-state index contributed by atoms with van der Waals surface area (Å²) in [4.78, 5) is 13.3.